The maximum Gasteiger partial charge on any atom is 0.328 e. The summed E-state index contributed by atoms with van der Waals surface area (Å²) in [7, 11) is 1.61. The predicted molar refractivity (Wildman–Crippen MR) is 66.0 cm³/mol. The molecule has 0 aromatic carbocycles. The van der Waals surface area contributed by atoms with Crippen LogP contribution in [0.1, 0.15) is 27.7 Å². The Morgan fingerprint density at radius 2 is 2.00 bits per heavy atom. The number of methoxy groups -OCH3 is 1. The van der Waals surface area contributed by atoms with Gasteiger partial charge in [-0.15, -0.1) is 0 Å². The molecule has 0 heterocycles. The summed E-state index contributed by atoms with van der Waals surface area (Å²) >= 11 is 0. The van der Waals surface area contributed by atoms with E-state index in [-0.39, 0.29) is 18.6 Å². The fraction of sp³-hybridized carbons (Fsp3) is 0.917. The van der Waals surface area contributed by atoms with Crippen molar-refractivity contribution in [1.29, 1.82) is 0 Å². The molecule has 0 bridgehead atoms. The largest absolute Gasteiger partial charge is 0.465 e. The monoisotopic (exact) mass is 247 g/mol. The van der Waals surface area contributed by atoms with Gasteiger partial charge in [0.15, 0.2) is 0 Å². The smallest absolute Gasteiger partial charge is 0.328 e. The van der Waals surface area contributed by atoms with Crippen LogP contribution in [0.5, 0.6) is 0 Å². The van der Waals surface area contributed by atoms with Gasteiger partial charge in [-0.25, -0.2) is 4.79 Å². The van der Waals surface area contributed by atoms with Crippen LogP contribution in [0.15, 0.2) is 0 Å². The highest BCUT2D eigenvalue weighted by Gasteiger charge is 2.35. The van der Waals surface area contributed by atoms with Crippen LogP contribution in [0.3, 0.4) is 0 Å². The van der Waals surface area contributed by atoms with Gasteiger partial charge in [-0.05, 0) is 27.7 Å². The molecule has 1 N–H and O–H groups in total. The van der Waals surface area contributed by atoms with Gasteiger partial charge in [0, 0.05) is 13.2 Å². The van der Waals surface area contributed by atoms with Crippen LogP contribution in [-0.4, -0.2) is 51.1 Å². The van der Waals surface area contributed by atoms with Gasteiger partial charge in [0.25, 0.3) is 0 Å². The first-order valence-corrected chi connectivity index (χ1v) is 5.98. The molecule has 0 amide bonds. The standard InChI is InChI=1S/C12H25NO4/c1-6-17-11(14)12(4,13-10(2)3)9-16-8-7-15-5/h10,13H,6-9H2,1-5H3. The fourth-order valence-electron chi connectivity index (χ4n) is 1.51. The van der Waals surface area contributed by atoms with Gasteiger partial charge >= 0.3 is 5.97 Å². The van der Waals surface area contributed by atoms with Gasteiger partial charge in [-0.3, -0.25) is 5.32 Å². The van der Waals surface area contributed by atoms with Gasteiger partial charge in [-0.1, -0.05) is 0 Å². The van der Waals surface area contributed by atoms with Crippen molar-refractivity contribution in [2.45, 2.75) is 39.3 Å². The third-order valence-electron chi connectivity index (χ3n) is 2.16. The van der Waals surface area contributed by atoms with Crippen molar-refractivity contribution >= 4 is 5.97 Å². The normalized spacial score (nSPS) is 14.7. The van der Waals surface area contributed by atoms with E-state index in [0.717, 1.165) is 0 Å². The summed E-state index contributed by atoms with van der Waals surface area (Å²) in [5, 5.41) is 3.18. The zero-order chi connectivity index (χ0) is 13.3. The molecule has 0 aliphatic rings. The van der Waals surface area contributed by atoms with Crippen LogP contribution >= 0.6 is 0 Å². The maximum atomic E-state index is 11.9. The van der Waals surface area contributed by atoms with Crippen LogP contribution in [0.2, 0.25) is 0 Å². The number of ether oxygens (including phenoxy) is 3. The first-order valence-electron chi connectivity index (χ1n) is 5.98. The Kier molecular flexibility index (Phi) is 8.12. The number of nitrogens with one attached hydrogen (secondary N) is 1. The molecule has 0 saturated heterocycles. The SMILES string of the molecule is CCOC(=O)C(C)(COCCOC)NC(C)C. The summed E-state index contributed by atoms with van der Waals surface area (Å²) in [5.41, 5.74) is -0.808. The molecule has 0 saturated carbocycles. The average molecular weight is 247 g/mol. The predicted octanol–water partition coefficient (Wildman–Crippen LogP) is 0.969. The van der Waals surface area contributed by atoms with E-state index in [1.54, 1.807) is 21.0 Å². The zero-order valence-electron chi connectivity index (χ0n) is 11.5. The van der Waals surface area contributed by atoms with Crippen molar-refractivity contribution in [3.63, 3.8) is 0 Å². The van der Waals surface area contributed by atoms with E-state index in [1.807, 2.05) is 13.8 Å². The van der Waals surface area contributed by atoms with E-state index in [9.17, 15) is 4.79 Å². The first-order chi connectivity index (χ1) is 7.96. The van der Waals surface area contributed by atoms with Gasteiger partial charge in [0.2, 0.25) is 0 Å². The van der Waals surface area contributed by atoms with E-state index in [4.69, 9.17) is 14.2 Å². The highest BCUT2D eigenvalue weighted by molar-refractivity contribution is 5.80. The third kappa shape index (κ3) is 6.61. The Bertz CT molecular complexity index is 221. The molecule has 0 spiro atoms. The van der Waals surface area contributed by atoms with E-state index >= 15 is 0 Å². The van der Waals surface area contributed by atoms with Gasteiger partial charge in [-0.2, -0.15) is 0 Å². The number of esters is 1. The second kappa shape index (κ2) is 8.44. The van der Waals surface area contributed by atoms with Crippen LogP contribution in [-0.2, 0) is 19.0 Å². The average Bonchev–Trinajstić information content (AvgIpc) is 2.24. The van der Waals surface area contributed by atoms with E-state index < -0.39 is 5.54 Å². The molecule has 5 heteroatoms. The summed E-state index contributed by atoms with van der Waals surface area (Å²) in [5.74, 6) is -0.286. The molecule has 0 aliphatic carbocycles. The summed E-state index contributed by atoms with van der Waals surface area (Å²) in [4.78, 5) is 11.9. The quantitative estimate of drug-likeness (QED) is 0.486. The number of carbonyl (C=O) groups excluding carboxylic acids is 1. The second-order valence-corrected chi connectivity index (χ2v) is 4.40. The summed E-state index contributed by atoms with van der Waals surface area (Å²) in [6, 6.07) is 0.176. The fourth-order valence-corrected chi connectivity index (χ4v) is 1.51. The minimum absolute atomic E-state index is 0.176. The Morgan fingerprint density at radius 3 is 2.47 bits per heavy atom. The number of carbonyl (C=O) groups is 1. The summed E-state index contributed by atoms with van der Waals surface area (Å²) < 4.78 is 15.4. The zero-order valence-corrected chi connectivity index (χ0v) is 11.5. The van der Waals surface area contributed by atoms with Crippen molar-refractivity contribution in [3.05, 3.63) is 0 Å². The lowest BCUT2D eigenvalue weighted by molar-refractivity contribution is -0.153. The molecule has 0 aromatic rings. The molecule has 0 rings (SSSR count). The van der Waals surface area contributed by atoms with Crippen LogP contribution in [0.4, 0.5) is 0 Å². The van der Waals surface area contributed by atoms with Crippen LogP contribution < -0.4 is 5.32 Å². The molecular weight excluding hydrogens is 222 g/mol. The Morgan fingerprint density at radius 1 is 1.35 bits per heavy atom. The topological polar surface area (TPSA) is 56.8 Å². The van der Waals surface area contributed by atoms with Crippen molar-refractivity contribution in [1.82, 2.24) is 5.32 Å². The maximum absolute atomic E-state index is 11.9. The molecule has 5 nitrogen and oxygen atoms in total. The van der Waals surface area contributed by atoms with Gasteiger partial charge in [0.1, 0.15) is 5.54 Å². The highest BCUT2D eigenvalue weighted by Crippen LogP contribution is 2.09. The number of hydrogen-bond acceptors (Lipinski definition) is 5. The highest BCUT2D eigenvalue weighted by atomic mass is 16.5. The van der Waals surface area contributed by atoms with Crippen molar-refractivity contribution in [3.8, 4) is 0 Å². The van der Waals surface area contributed by atoms with Crippen LogP contribution in [0.25, 0.3) is 0 Å². The molecule has 0 aromatic heterocycles. The minimum atomic E-state index is -0.808. The Balaban J connectivity index is 4.33. The van der Waals surface area contributed by atoms with Crippen molar-refractivity contribution in [2.24, 2.45) is 0 Å². The molecule has 0 aliphatic heterocycles. The number of rotatable bonds is 9. The van der Waals surface area contributed by atoms with Gasteiger partial charge in [0.05, 0.1) is 26.4 Å². The molecule has 102 valence electrons. The molecule has 1 atom stereocenters. The molecule has 0 fully saturated rings. The van der Waals surface area contributed by atoms with Crippen molar-refractivity contribution in [2.75, 3.05) is 33.5 Å². The molecular formula is C12H25NO4. The Hall–Kier alpha value is -0.650. The Labute approximate surface area is 104 Å². The van der Waals surface area contributed by atoms with Crippen LogP contribution in [0, 0.1) is 0 Å². The van der Waals surface area contributed by atoms with E-state index in [2.05, 4.69) is 5.32 Å². The first kappa shape index (κ1) is 16.4. The second-order valence-electron chi connectivity index (χ2n) is 4.40. The lowest BCUT2D eigenvalue weighted by atomic mass is 10.0. The molecule has 0 radical (unpaired) electrons. The molecule has 1 unspecified atom stereocenters. The van der Waals surface area contributed by atoms with Gasteiger partial charge < -0.3 is 14.2 Å². The van der Waals surface area contributed by atoms with E-state index in [0.29, 0.717) is 19.8 Å². The summed E-state index contributed by atoms with van der Waals surface area (Å²) in [6.07, 6.45) is 0. The molecule has 17 heavy (non-hydrogen) atoms. The lowest BCUT2D eigenvalue weighted by Crippen LogP contribution is -2.56. The minimum Gasteiger partial charge on any atom is -0.465 e. The van der Waals surface area contributed by atoms with Crippen molar-refractivity contribution < 1.29 is 19.0 Å². The van der Waals surface area contributed by atoms with E-state index in [1.165, 1.54) is 0 Å². The summed E-state index contributed by atoms with van der Waals surface area (Å²) in [6.45, 7) is 9.15. The lowest BCUT2D eigenvalue weighted by Gasteiger charge is -2.30. The number of hydrogen-bond donors (Lipinski definition) is 1. The third-order valence-corrected chi connectivity index (χ3v) is 2.16.